The number of ether oxygens (including phenoxy) is 1. The standard InChI is InChI=1S/C9H21N3O2/c1-10-4-5-12(3)6-7-14-8-9(13)11-2/h10H,4-8H2,1-3H3,(H,11,13). The van der Waals surface area contributed by atoms with Gasteiger partial charge in [-0.1, -0.05) is 0 Å². The molecular formula is C9H21N3O2. The lowest BCUT2D eigenvalue weighted by atomic mass is 10.5. The Morgan fingerprint density at radius 1 is 1.36 bits per heavy atom. The molecule has 0 heterocycles. The fourth-order valence-electron chi connectivity index (χ4n) is 0.872. The van der Waals surface area contributed by atoms with Gasteiger partial charge in [0.25, 0.3) is 0 Å². The largest absolute Gasteiger partial charge is 0.370 e. The van der Waals surface area contributed by atoms with E-state index >= 15 is 0 Å². The highest BCUT2D eigenvalue weighted by atomic mass is 16.5. The molecule has 0 rings (SSSR count). The molecule has 84 valence electrons. The maximum atomic E-state index is 10.8. The number of nitrogens with one attached hydrogen (secondary N) is 2. The number of carbonyl (C=O) groups excluding carboxylic acids is 1. The van der Waals surface area contributed by atoms with Crippen LogP contribution >= 0.6 is 0 Å². The van der Waals surface area contributed by atoms with Crippen molar-refractivity contribution < 1.29 is 9.53 Å². The summed E-state index contributed by atoms with van der Waals surface area (Å²) < 4.78 is 5.16. The molecule has 0 aliphatic heterocycles. The highest BCUT2D eigenvalue weighted by Crippen LogP contribution is 1.82. The van der Waals surface area contributed by atoms with Crippen LogP contribution in [0.5, 0.6) is 0 Å². The van der Waals surface area contributed by atoms with E-state index in [1.807, 2.05) is 14.1 Å². The Kier molecular flexibility index (Phi) is 8.51. The minimum Gasteiger partial charge on any atom is -0.370 e. The van der Waals surface area contributed by atoms with Crippen molar-refractivity contribution in [2.24, 2.45) is 0 Å². The Bertz CT molecular complexity index is 153. The van der Waals surface area contributed by atoms with Crippen LogP contribution in [-0.4, -0.2) is 64.8 Å². The predicted molar refractivity (Wildman–Crippen MR) is 56.3 cm³/mol. The minimum atomic E-state index is -0.0807. The Labute approximate surface area is 85.8 Å². The molecule has 14 heavy (non-hydrogen) atoms. The Hall–Kier alpha value is -0.650. The van der Waals surface area contributed by atoms with Crippen molar-refractivity contribution in [3.05, 3.63) is 0 Å². The van der Waals surface area contributed by atoms with Gasteiger partial charge in [0.1, 0.15) is 6.61 Å². The van der Waals surface area contributed by atoms with Crippen LogP contribution < -0.4 is 10.6 Å². The predicted octanol–water partition coefficient (Wildman–Crippen LogP) is -1.10. The van der Waals surface area contributed by atoms with Crippen LogP contribution in [-0.2, 0) is 9.53 Å². The summed E-state index contributed by atoms with van der Waals surface area (Å²) in [6, 6.07) is 0. The van der Waals surface area contributed by atoms with E-state index in [0.29, 0.717) is 6.61 Å². The first kappa shape index (κ1) is 13.4. The number of carbonyl (C=O) groups is 1. The summed E-state index contributed by atoms with van der Waals surface area (Å²) in [5.74, 6) is -0.0807. The van der Waals surface area contributed by atoms with Gasteiger partial charge >= 0.3 is 0 Å². The maximum absolute atomic E-state index is 10.8. The molecule has 0 atom stereocenters. The molecule has 0 aliphatic rings. The number of rotatable bonds is 8. The van der Waals surface area contributed by atoms with E-state index in [1.165, 1.54) is 0 Å². The third-order valence-corrected chi connectivity index (χ3v) is 1.87. The topological polar surface area (TPSA) is 53.6 Å². The number of likely N-dealkylation sites (N-methyl/N-ethyl adjacent to an activating group) is 3. The second kappa shape index (κ2) is 8.93. The summed E-state index contributed by atoms with van der Waals surface area (Å²) in [5.41, 5.74) is 0. The number of hydrogen-bond acceptors (Lipinski definition) is 4. The van der Waals surface area contributed by atoms with Crippen molar-refractivity contribution in [2.45, 2.75) is 0 Å². The molecule has 5 nitrogen and oxygen atoms in total. The van der Waals surface area contributed by atoms with Crippen LogP contribution in [0.3, 0.4) is 0 Å². The second-order valence-electron chi connectivity index (χ2n) is 3.13. The molecule has 1 amide bonds. The summed E-state index contributed by atoms with van der Waals surface area (Å²) in [6.45, 7) is 3.54. The van der Waals surface area contributed by atoms with Crippen molar-refractivity contribution in [1.82, 2.24) is 15.5 Å². The third-order valence-electron chi connectivity index (χ3n) is 1.87. The van der Waals surface area contributed by atoms with Crippen molar-refractivity contribution >= 4 is 5.91 Å². The second-order valence-corrected chi connectivity index (χ2v) is 3.13. The minimum absolute atomic E-state index is 0.0807. The van der Waals surface area contributed by atoms with Crippen molar-refractivity contribution in [2.75, 3.05) is 54.0 Å². The van der Waals surface area contributed by atoms with Crippen LogP contribution in [0.15, 0.2) is 0 Å². The summed E-state index contributed by atoms with van der Waals surface area (Å²) >= 11 is 0. The van der Waals surface area contributed by atoms with E-state index in [4.69, 9.17) is 4.74 Å². The average molecular weight is 203 g/mol. The molecule has 0 aromatic heterocycles. The first-order valence-corrected chi connectivity index (χ1v) is 4.82. The monoisotopic (exact) mass is 203 g/mol. The van der Waals surface area contributed by atoms with Gasteiger partial charge in [-0.15, -0.1) is 0 Å². The van der Waals surface area contributed by atoms with Crippen LogP contribution in [0, 0.1) is 0 Å². The summed E-state index contributed by atoms with van der Waals surface area (Å²) in [7, 11) is 5.56. The van der Waals surface area contributed by atoms with Gasteiger partial charge in [0.05, 0.1) is 6.61 Å². The molecule has 5 heteroatoms. The van der Waals surface area contributed by atoms with E-state index < -0.39 is 0 Å². The van der Waals surface area contributed by atoms with Crippen LogP contribution in [0.2, 0.25) is 0 Å². The van der Waals surface area contributed by atoms with Gasteiger partial charge in [-0.25, -0.2) is 0 Å². The number of nitrogens with zero attached hydrogens (tertiary/aromatic N) is 1. The van der Waals surface area contributed by atoms with Crippen molar-refractivity contribution in [3.63, 3.8) is 0 Å². The smallest absolute Gasteiger partial charge is 0.245 e. The summed E-state index contributed by atoms with van der Waals surface area (Å²) in [5, 5.41) is 5.57. The molecule has 2 N–H and O–H groups in total. The Balaban J connectivity index is 3.22. The zero-order chi connectivity index (χ0) is 10.8. The molecule has 0 saturated carbocycles. The molecule has 0 spiro atoms. The van der Waals surface area contributed by atoms with Gasteiger partial charge in [0, 0.05) is 26.7 Å². The molecule has 0 aromatic carbocycles. The normalized spacial score (nSPS) is 10.6. The molecule has 0 bridgehead atoms. The zero-order valence-corrected chi connectivity index (χ0v) is 9.30. The fraction of sp³-hybridized carbons (Fsp3) is 0.889. The number of hydrogen-bond donors (Lipinski definition) is 2. The quantitative estimate of drug-likeness (QED) is 0.492. The summed E-state index contributed by atoms with van der Waals surface area (Å²) in [6.07, 6.45) is 0. The maximum Gasteiger partial charge on any atom is 0.245 e. The molecule has 0 saturated heterocycles. The van der Waals surface area contributed by atoms with E-state index in [0.717, 1.165) is 19.6 Å². The first-order valence-electron chi connectivity index (χ1n) is 4.82. The molecule has 0 fully saturated rings. The third kappa shape index (κ3) is 7.97. The van der Waals surface area contributed by atoms with Gasteiger partial charge in [0.2, 0.25) is 5.91 Å². The van der Waals surface area contributed by atoms with E-state index in [9.17, 15) is 4.79 Å². The zero-order valence-electron chi connectivity index (χ0n) is 9.30. The van der Waals surface area contributed by atoms with Crippen molar-refractivity contribution in [1.29, 1.82) is 0 Å². The van der Waals surface area contributed by atoms with E-state index in [-0.39, 0.29) is 12.5 Å². The molecule has 0 unspecified atom stereocenters. The van der Waals surface area contributed by atoms with Gasteiger partial charge in [0.15, 0.2) is 0 Å². The molecular weight excluding hydrogens is 182 g/mol. The lowest BCUT2D eigenvalue weighted by Gasteiger charge is -2.15. The lowest BCUT2D eigenvalue weighted by Crippen LogP contribution is -2.31. The Morgan fingerprint density at radius 2 is 2.07 bits per heavy atom. The van der Waals surface area contributed by atoms with Gasteiger partial charge in [-0.3, -0.25) is 4.79 Å². The summed E-state index contributed by atoms with van der Waals surface area (Å²) in [4.78, 5) is 12.9. The van der Waals surface area contributed by atoms with Gasteiger partial charge in [-0.2, -0.15) is 0 Å². The highest BCUT2D eigenvalue weighted by molar-refractivity contribution is 5.76. The van der Waals surface area contributed by atoms with Crippen LogP contribution in [0.4, 0.5) is 0 Å². The molecule has 0 aliphatic carbocycles. The highest BCUT2D eigenvalue weighted by Gasteiger charge is 1.99. The molecule has 0 aromatic rings. The number of amides is 1. The fourth-order valence-corrected chi connectivity index (χ4v) is 0.872. The van der Waals surface area contributed by atoms with Gasteiger partial charge < -0.3 is 20.3 Å². The molecule has 0 radical (unpaired) electrons. The van der Waals surface area contributed by atoms with E-state index in [1.54, 1.807) is 7.05 Å². The Morgan fingerprint density at radius 3 is 2.64 bits per heavy atom. The van der Waals surface area contributed by atoms with E-state index in [2.05, 4.69) is 15.5 Å². The van der Waals surface area contributed by atoms with Crippen molar-refractivity contribution in [3.8, 4) is 0 Å². The first-order chi connectivity index (χ1) is 6.70. The van der Waals surface area contributed by atoms with Crippen LogP contribution in [0.25, 0.3) is 0 Å². The lowest BCUT2D eigenvalue weighted by molar-refractivity contribution is -0.125. The van der Waals surface area contributed by atoms with Crippen LogP contribution in [0.1, 0.15) is 0 Å². The average Bonchev–Trinajstić information content (AvgIpc) is 2.21. The SMILES string of the molecule is CNCCN(C)CCOCC(=O)NC. The van der Waals surface area contributed by atoms with Gasteiger partial charge in [-0.05, 0) is 14.1 Å².